The fourth-order valence-electron chi connectivity index (χ4n) is 2.80. The molecule has 0 aromatic rings. The monoisotopic (exact) mass is 240 g/mol. The van der Waals surface area contributed by atoms with E-state index in [9.17, 15) is 4.79 Å². The maximum atomic E-state index is 10.8. The van der Waals surface area contributed by atoms with Gasteiger partial charge in [0.2, 0.25) is 0 Å². The Morgan fingerprint density at radius 3 is 2.24 bits per heavy atom. The minimum Gasteiger partial charge on any atom is -0.481 e. The number of aliphatic carboxylic acids is 1. The molecule has 4 nitrogen and oxygen atoms in total. The molecule has 0 atom stereocenters. The van der Waals surface area contributed by atoms with E-state index in [0.717, 1.165) is 45.6 Å². The first-order chi connectivity index (χ1) is 8.01. The molecule has 0 aromatic carbocycles. The zero-order chi connectivity index (χ0) is 12.5. The summed E-state index contributed by atoms with van der Waals surface area (Å²) in [5.41, 5.74) is 0.117. The van der Waals surface area contributed by atoms with Gasteiger partial charge in [0.1, 0.15) is 0 Å². The highest BCUT2D eigenvalue weighted by molar-refractivity contribution is 5.68. The lowest BCUT2D eigenvalue weighted by Crippen LogP contribution is -2.50. The second kappa shape index (κ2) is 4.94. The van der Waals surface area contributed by atoms with Crippen molar-refractivity contribution in [3.05, 3.63) is 0 Å². The molecule has 1 N–H and O–H groups in total. The van der Waals surface area contributed by atoms with Crippen molar-refractivity contribution in [2.75, 3.05) is 32.7 Å². The van der Waals surface area contributed by atoms with E-state index in [0.29, 0.717) is 12.5 Å². The minimum absolute atomic E-state index is 0.117. The Bertz CT molecular complexity index is 279. The predicted molar refractivity (Wildman–Crippen MR) is 67.1 cm³/mol. The fraction of sp³-hybridized carbons (Fsp3) is 0.923. The Morgan fingerprint density at radius 1 is 1.24 bits per heavy atom. The van der Waals surface area contributed by atoms with Crippen molar-refractivity contribution in [1.82, 2.24) is 9.80 Å². The molecule has 4 heteroatoms. The topological polar surface area (TPSA) is 43.8 Å². The first kappa shape index (κ1) is 12.8. The van der Waals surface area contributed by atoms with Crippen LogP contribution in [0.4, 0.5) is 0 Å². The van der Waals surface area contributed by atoms with Gasteiger partial charge in [-0.15, -0.1) is 0 Å². The van der Waals surface area contributed by atoms with Gasteiger partial charge in [0.25, 0.3) is 0 Å². The number of rotatable bonds is 5. The summed E-state index contributed by atoms with van der Waals surface area (Å²) in [4.78, 5) is 15.8. The molecule has 2 rings (SSSR count). The average Bonchev–Trinajstić information content (AvgIpc) is 2.97. The van der Waals surface area contributed by atoms with Crippen molar-refractivity contribution in [1.29, 1.82) is 0 Å². The SMILES string of the molecule is CC(C)N1CCN(CC2(CC(=O)O)CC2)CC1. The molecule has 0 unspecified atom stereocenters. The lowest BCUT2D eigenvalue weighted by Gasteiger charge is -2.38. The van der Waals surface area contributed by atoms with Crippen LogP contribution in [0, 0.1) is 5.41 Å². The Balaban J connectivity index is 1.76. The molecule has 1 saturated heterocycles. The number of piperazine rings is 1. The van der Waals surface area contributed by atoms with E-state index in [2.05, 4.69) is 23.6 Å². The molecule has 98 valence electrons. The summed E-state index contributed by atoms with van der Waals surface area (Å²) in [6.45, 7) is 9.91. The van der Waals surface area contributed by atoms with Gasteiger partial charge in [-0.05, 0) is 32.1 Å². The maximum absolute atomic E-state index is 10.8. The van der Waals surface area contributed by atoms with Gasteiger partial charge in [0, 0.05) is 38.8 Å². The van der Waals surface area contributed by atoms with Gasteiger partial charge in [0.15, 0.2) is 0 Å². The molecule has 0 bridgehead atoms. The van der Waals surface area contributed by atoms with Gasteiger partial charge >= 0.3 is 5.97 Å². The minimum atomic E-state index is -0.636. The van der Waals surface area contributed by atoms with E-state index >= 15 is 0 Å². The van der Waals surface area contributed by atoms with Crippen molar-refractivity contribution in [2.24, 2.45) is 5.41 Å². The van der Waals surface area contributed by atoms with Crippen LogP contribution in [0.1, 0.15) is 33.1 Å². The number of carboxylic acids is 1. The maximum Gasteiger partial charge on any atom is 0.303 e. The van der Waals surface area contributed by atoms with E-state index < -0.39 is 5.97 Å². The van der Waals surface area contributed by atoms with Crippen LogP contribution in [0.15, 0.2) is 0 Å². The van der Waals surface area contributed by atoms with E-state index in [4.69, 9.17) is 5.11 Å². The van der Waals surface area contributed by atoms with Crippen LogP contribution >= 0.6 is 0 Å². The summed E-state index contributed by atoms with van der Waals surface area (Å²) in [6, 6.07) is 0.631. The molecule has 17 heavy (non-hydrogen) atoms. The molecule has 1 aliphatic carbocycles. The number of carboxylic acid groups (broad SMARTS) is 1. The van der Waals surface area contributed by atoms with Crippen LogP contribution in [0.25, 0.3) is 0 Å². The van der Waals surface area contributed by atoms with E-state index in [1.807, 2.05) is 0 Å². The first-order valence-corrected chi connectivity index (χ1v) is 6.69. The smallest absolute Gasteiger partial charge is 0.303 e. The summed E-state index contributed by atoms with van der Waals surface area (Å²) in [5.74, 6) is -0.636. The Kier molecular flexibility index (Phi) is 3.73. The highest BCUT2D eigenvalue weighted by atomic mass is 16.4. The van der Waals surface area contributed by atoms with Crippen molar-refractivity contribution >= 4 is 5.97 Å². The third-order valence-electron chi connectivity index (χ3n) is 4.18. The molecule has 1 aliphatic heterocycles. The second-order valence-electron chi connectivity index (χ2n) is 5.98. The number of hydrogen-bond acceptors (Lipinski definition) is 3. The Morgan fingerprint density at radius 2 is 1.82 bits per heavy atom. The third kappa shape index (κ3) is 3.42. The second-order valence-corrected chi connectivity index (χ2v) is 5.98. The average molecular weight is 240 g/mol. The van der Waals surface area contributed by atoms with Gasteiger partial charge in [-0.3, -0.25) is 9.69 Å². The van der Waals surface area contributed by atoms with Crippen molar-refractivity contribution in [3.8, 4) is 0 Å². The van der Waals surface area contributed by atoms with Gasteiger partial charge in [-0.25, -0.2) is 0 Å². The molecule has 0 amide bonds. The van der Waals surface area contributed by atoms with Gasteiger partial charge in [-0.2, -0.15) is 0 Å². The number of hydrogen-bond donors (Lipinski definition) is 1. The van der Waals surface area contributed by atoms with Gasteiger partial charge < -0.3 is 10.0 Å². The Hall–Kier alpha value is -0.610. The van der Waals surface area contributed by atoms with E-state index in [1.54, 1.807) is 0 Å². The third-order valence-corrected chi connectivity index (χ3v) is 4.18. The highest BCUT2D eigenvalue weighted by Gasteiger charge is 2.45. The lowest BCUT2D eigenvalue weighted by atomic mass is 10.0. The standard InChI is InChI=1S/C13H24N2O2/c1-11(2)15-7-5-14(6-8-15)10-13(3-4-13)9-12(16)17/h11H,3-10H2,1-2H3,(H,16,17). The van der Waals surface area contributed by atoms with Crippen LogP contribution < -0.4 is 0 Å². The Labute approximate surface area is 104 Å². The molecular weight excluding hydrogens is 216 g/mol. The normalized spacial score (nSPS) is 25.1. The van der Waals surface area contributed by atoms with Crippen molar-refractivity contribution in [3.63, 3.8) is 0 Å². The van der Waals surface area contributed by atoms with Crippen LogP contribution in [0.2, 0.25) is 0 Å². The highest BCUT2D eigenvalue weighted by Crippen LogP contribution is 2.49. The summed E-state index contributed by atoms with van der Waals surface area (Å²) in [7, 11) is 0. The quantitative estimate of drug-likeness (QED) is 0.786. The largest absolute Gasteiger partial charge is 0.481 e. The van der Waals surface area contributed by atoms with Gasteiger partial charge in [0.05, 0.1) is 6.42 Å². The summed E-state index contributed by atoms with van der Waals surface area (Å²) in [5, 5.41) is 8.91. The molecule has 2 fully saturated rings. The molecule has 0 spiro atoms. The fourth-order valence-corrected chi connectivity index (χ4v) is 2.80. The number of carbonyl (C=O) groups is 1. The molecule has 1 heterocycles. The lowest BCUT2D eigenvalue weighted by molar-refractivity contribution is -0.138. The zero-order valence-corrected chi connectivity index (χ0v) is 11.0. The van der Waals surface area contributed by atoms with Crippen LogP contribution in [-0.4, -0.2) is 59.6 Å². The summed E-state index contributed by atoms with van der Waals surface area (Å²) < 4.78 is 0. The van der Waals surface area contributed by atoms with Crippen LogP contribution in [0.3, 0.4) is 0 Å². The van der Waals surface area contributed by atoms with E-state index in [1.165, 1.54) is 0 Å². The predicted octanol–water partition coefficient (Wildman–Crippen LogP) is 1.27. The van der Waals surface area contributed by atoms with Crippen LogP contribution in [0.5, 0.6) is 0 Å². The van der Waals surface area contributed by atoms with Crippen molar-refractivity contribution < 1.29 is 9.90 Å². The van der Waals surface area contributed by atoms with Crippen LogP contribution in [-0.2, 0) is 4.79 Å². The first-order valence-electron chi connectivity index (χ1n) is 6.69. The molecular formula is C13H24N2O2. The summed E-state index contributed by atoms with van der Waals surface area (Å²) >= 11 is 0. The zero-order valence-electron chi connectivity index (χ0n) is 11.0. The molecule has 0 aromatic heterocycles. The van der Waals surface area contributed by atoms with E-state index in [-0.39, 0.29) is 5.41 Å². The van der Waals surface area contributed by atoms with Gasteiger partial charge in [-0.1, -0.05) is 0 Å². The molecule has 2 aliphatic rings. The molecule has 0 radical (unpaired) electrons. The molecule has 1 saturated carbocycles. The van der Waals surface area contributed by atoms with Crippen molar-refractivity contribution in [2.45, 2.75) is 39.2 Å². The summed E-state index contributed by atoms with van der Waals surface area (Å²) in [6.07, 6.45) is 2.56. The number of nitrogens with zero attached hydrogens (tertiary/aromatic N) is 2.